The second kappa shape index (κ2) is 10.1. The van der Waals surface area contributed by atoms with E-state index in [1.807, 2.05) is 43.3 Å². The maximum absolute atomic E-state index is 14.5. The second-order valence-electron chi connectivity index (χ2n) is 12.9. The Kier molecular flexibility index (Phi) is 7.22. The number of benzene rings is 1. The van der Waals surface area contributed by atoms with Crippen LogP contribution in [0, 0.1) is 29.1 Å². The Balaban J connectivity index is 1.61. The third kappa shape index (κ3) is 5.00. The van der Waals surface area contributed by atoms with E-state index >= 15 is 0 Å². The van der Waals surface area contributed by atoms with Crippen LogP contribution in [0.15, 0.2) is 42.0 Å². The Morgan fingerprint density at radius 2 is 1.73 bits per heavy atom. The SMILES string of the molecule is CC(=O)OC1C2C(OC(=O)Cc3ccccc3)C(C)CC2(OC(C)=O)C(=O)C(C)=CC2C(CCC13CO3)C2(C)C. The van der Waals surface area contributed by atoms with E-state index in [2.05, 4.69) is 13.8 Å². The molecule has 1 saturated heterocycles. The molecule has 0 radical (unpaired) electrons. The number of ketones is 1. The van der Waals surface area contributed by atoms with E-state index in [0.717, 1.165) is 12.0 Å². The monoisotopic (exact) mass is 552 g/mol. The van der Waals surface area contributed by atoms with Crippen LogP contribution in [0.1, 0.15) is 66.4 Å². The molecule has 2 saturated carbocycles. The van der Waals surface area contributed by atoms with Crippen molar-refractivity contribution in [2.45, 2.75) is 90.6 Å². The van der Waals surface area contributed by atoms with Crippen LogP contribution in [0.3, 0.4) is 0 Å². The molecule has 1 aromatic rings. The minimum Gasteiger partial charge on any atom is -0.461 e. The molecular formula is C32H40O8. The van der Waals surface area contributed by atoms with Gasteiger partial charge in [-0.3, -0.25) is 19.2 Å². The Morgan fingerprint density at radius 3 is 2.33 bits per heavy atom. The lowest BCUT2D eigenvalue weighted by atomic mass is 9.74. The molecule has 3 aliphatic carbocycles. The van der Waals surface area contributed by atoms with Gasteiger partial charge in [0, 0.05) is 20.3 Å². The summed E-state index contributed by atoms with van der Waals surface area (Å²) in [5.41, 5.74) is -1.22. The normalized spacial score (nSPS) is 37.8. The molecule has 4 aliphatic rings. The van der Waals surface area contributed by atoms with Crippen molar-refractivity contribution in [3.8, 4) is 0 Å². The molecular weight excluding hydrogens is 512 g/mol. The number of ether oxygens (including phenoxy) is 4. The fourth-order valence-electron chi connectivity index (χ4n) is 7.55. The van der Waals surface area contributed by atoms with Gasteiger partial charge in [-0.2, -0.15) is 0 Å². The molecule has 8 atom stereocenters. The average molecular weight is 553 g/mol. The summed E-state index contributed by atoms with van der Waals surface area (Å²) >= 11 is 0. The van der Waals surface area contributed by atoms with Gasteiger partial charge < -0.3 is 18.9 Å². The van der Waals surface area contributed by atoms with Gasteiger partial charge in [0.2, 0.25) is 5.78 Å². The van der Waals surface area contributed by atoms with Crippen LogP contribution in [-0.4, -0.2) is 53.7 Å². The first-order valence-electron chi connectivity index (χ1n) is 14.3. The Bertz CT molecular complexity index is 1230. The molecule has 3 fully saturated rings. The minimum atomic E-state index is -1.68. The Hall–Kier alpha value is -3.00. The molecule has 1 spiro atoms. The van der Waals surface area contributed by atoms with E-state index < -0.39 is 47.2 Å². The van der Waals surface area contributed by atoms with Gasteiger partial charge in [0.15, 0.2) is 5.60 Å². The summed E-state index contributed by atoms with van der Waals surface area (Å²) in [7, 11) is 0. The third-order valence-corrected chi connectivity index (χ3v) is 9.71. The van der Waals surface area contributed by atoms with Crippen LogP contribution in [0.2, 0.25) is 0 Å². The van der Waals surface area contributed by atoms with Gasteiger partial charge in [0.25, 0.3) is 0 Å². The number of hydrogen-bond donors (Lipinski definition) is 0. The van der Waals surface area contributed by atoms with E-state index in [1.54, 1.807) is 6.92 Å². The molecule has 5 rings (SSSR count). The minimum absolute atomic E-state index is 0.0141. The summed E-state index contributed by atoms with van der Waals surface area (Å²) in [5, 5.41) is 0. The molecule has 40 heavy (non-hydrogen) atoms. The zero-order valence-corrected chi connectivity index (χ0v) is 24.2. The Labute approximate surface area is 235 Å². The van der Waals surface area contributed by atoms with Crippen molar-refractivity contribution < 1.29 is 38.1 Å². The first-order valence-corrected chi connectivity index (χ1v) is 14.3. The summed E-state index contributed by atoms with van der Waals surface area (Å²) < 4.78 is 24.2. The topological polar surface area (TPSA) is 108 Å². The van der Waals surface area contributed by atoms with Gasteiger partial charge in [-0.15, -0.1) is 0 Å². The van der Waals surface area contributed by atoms with Crippen molar-refractivity contribution >= 4 is 23.7 Å². The lowest BCUT2D eigenvalue weighted by Gasteiger charge is -2.41. The summed E-state index contributed by atoms with van der Waals surface area (Å²) in [6.45, 7) is 11.0. The molecule has 0 amide bonds. The number of allylic oxidation sites excluding steroid dienone is 1. The van der Waals surface area contributed by atoms with Gasteiger partial charge in [-0.1, -0.05) is 57.2 Å². The fourth-order valence-corrected chi connectivity index (χ4v) is 7.55. The predicted molar refractivity (Wildman–Crippen MR) is 145 cm³/mol. The van der Waals surface area contributed by atoms with Crippen molar-refractivity contribution in [3.63, 3.8) is 0 Å². The number of hydrogen-bond acceptors (Lipinski definition) is 8. The number of carbonyl (C=O) groups excluding carboxylic acids is 4. The predicted octanol–water partition coefficient (Wildman–Crippen LogP) is 4.38. The third-order valence-electron chi connectivity index (χ3n) is 9.71. The van der Waals surface area contributed by atoms with Crippen LogP contribution in [0.25, 0.3) is 0 Å². The Morgan fingerprint density at radius 1 is 1.05 bits per heavy atom. The maximum atomic E-state index is 14.5. The van der Waals surface area contributed by atoms with E-state index in [0.29, 0.717) is 24.5 Å². The molecule has 8 heteroatoms. The summed E-state index contributed by atoms with van der Waals surface area (Å²) in [6, 6.07) is 9.25. The number of epoxide rings is 1. The van der Waals surface area contributed by atoms with Crippen molar-refractivity contribution in [2.75, 3.05) is 6.61 Å². The standard InChI is InChI=1S/C32H40O8/c1-18-14-24-23(30(24,5)6)12-13-31(17-37-31)29(38-20(3)33)26-27(39-25(35)15-22-10-8-7-9-11-22)19(2)16-32(26,28(18)36)40-21(4)34/h7-11,14,19,23-24,26-27,29H,12-13,15-17H2,1-6H3. The van der Waals surface area contributed by atoms with Gasteiger partial charge >= 0.3 is 17.9 Å². The van der Waals surface area contributed by atoms with Crippen LogP contribution < -0.4 is 0 Å². The zero-order chi connectivity index (χ0) is 29.0. The summed E-state index contributed by atoms with van der Waals surface area (Å²) in [5.74, 6) is -2.72. The lowest BCUT2D eigenvalue weighted by Crippen LogP contribution is -2.58. The van der Waals surface area contributed by atoms with Crippen LogP contribution in [-0.2, 0) is 44.5 Å². The molecule has 1 aliphatic heterocycles. The van der Waals surface area contributed by atoms with E-state index in [4.69, 9.17) is 18.9 Å². The maximum Gasteiger partial charge on any atom is 0.310 e. The molecule has 8 unspecified atom stereocenters. The smallest absolute Gasteiger partial charge is 0.310 e. The van der Waals surface area contributed by atoms with Gasteiger partial charge in [-0.25, -0.2) is 0 Å². The quantitative estimate of drug-likeness (QED) is 0.301. The molecule has 216 valence electrons. The summed E-state index contributed by atoms with van der Waals surface area (Å²) in [4.78, 5) is 52.9. The molecule has 1 heterocycles. The van der Waals surface area contributed by atoms with Crippen molar-refractivity contribution in [2.24, 2.45) is 29.1 Å². The van der Waals surface area contributed by atoms with Crippen LogP contribution >= 0.6 is 0 Å². The van der Waals surface area contributed by atoms with E-state index in [-0.39, 0.29) is 35.9 Å². The number of Topliss-reactive ketones (excluding diaryl/α,β-unsaturated/α-hetero) is 1. The fraction of sp³-hybridized carbons (Fsp3) is 0.625. The highest BCUT2D eigenvalue weighted by atomic mass is 16.6. The molecule has 0 aromatic heterocycles. The highest BCUT2D eigenvalue weighted by Crippen LogP contribution is 2.64. The molecule has 8 nitrogen and oxygen atoms in total. The lowest BCUT2D eigenvalue weighted by molar-refractivity contribution is -0.190. The molecule has 0 bridgehead atoms. The van der Waals surface area contributed by atoms with E-state index in [1.165, 1.54) is 13.8 Å². The average Bonchev–Trinajstić information content (AvgIpc) is 3.73. The second-order valence-corrected chi connectivity index (χ2v) is 12.9. The van der Waals surface area contributed by atoms with Crippen molar-refractivity contribution in [1.29, 1.82) is 0 Å². The molecule has 0 N–H and O–H groups in total. The number of fused-ring (bicyclic) bond motifs is 2. The van der Waals surface area contributed by atoms with Crippen LogP contribution in [0.5, 0.6) is 0 Å². The first kappa shape index (κ1) is 28.5. The van der Waals surface area contributed by atoms with Crippen molar-refractivity contribution in [3.05, 3.63) is 47.5 Å². The number of carbonyl (C=O) groups is 4. The zero-order valence-electron chi connectivity index (χ0n) is 24.2. The van der Waals surface area contributed by atoms with Gasteiger partial charge in [0.1, 0.15) is 17.8 Å². The van der Waals surface area contributed by atoms with Gasteiger partial charge in [-0.05, 0) is 54.1 Å². The summed E-state index contributed by atoms with van der Waals surface area (Å²) in [6.07, 6.45) is 1.85. The highest BCUT2D eigenvalue weighted by molar-refractivity contribution is 6.03. The van der Waals surface area contributed by atoms with E-state index in [9.17, 15) is 19.2 Å². The highest BCUT2D eigenvalue weighted by Gasteiger charge is 2.71. The van der Waals surface area contributed by atoms with Crippen molar-refractivity contribution in [1.82, 2.24) is 0 Å². The largest absolute Gasteiger partial charge is 0.461 e. The van der Waals surface area contributed by atoms with Crippen LogP contribution in [0.4, 0.5) is 0 Å². The molecule has 1 aromatic carbocycles. The number of esters is 3. The van der Waals surface area contributed by atoms with Gasteiger partial charge in [0.05, 0.1) is 18.9 Å². The first-order chi connectivity index (χ1) is 18.8. The number of rotatable bonds is 5.